The van der Waals surface area contributed by atoms with E-state index in [0.717, 1.165) is 18.8 Å². The van der Waals surface area contributed by atoms with Gasteiger partial charge in [-0.05, 0) is 57.5 Å². The Hall–Kier alpha value is -2.08. The van der Waals surface area contributed by atoms with Crippen molar-refractivity contribution < 1.29 is 9.59 Å². The summed E-state index contributed by atoms with van der Waals surface area (Å²) in [6, 6.07) is 8.08. The molecule has 1 aliphatic rings. The molecule has 1 heterocycles. The van der Waals surface area contributed by atoms with E-state index in [4.69, 9.17) is 0 Å². The summed E-state index contributed by atoms with van der Waals surface area (Å²) in [5.74, 6) is -0.160. The summed E-state index contributed by atoms with van der Waals surface area (Å²) in [6.45, 7) is 9.09. The van der Waals surface area contributed by atoms with Crippen LogP contribution in [-0.2, 0) is 9.59 Å². The highest BCUT2D eigenvalue weighted by Crippen LogP contribution is 2.21. The lowest BCUT2D eigenvalue weighted by Gasteiger charge is -2.20. The Morgan fingerprint density at radius 3 is 2.24 bits per heavy atom. The number of benzene rings is 1. The second-order valence-corrected chi connectivity index (χ2v) is 6.81. The number of hydrogen-bond donors (Lipinski definition) is 2. The van der Waals surface area contributed by atoms with Gasteiger partial charge in [-0.15, -0.1) is 0 Å². The Labute approximate surface area is 150 Å². The van der Waals surface area contributed by atoms with Crippen molar-refractivity contribution in [2.24, 2.45) is 0 Å². The van der Waals surface area contributed by atoms with E-state index in [0.29, 0.717) is 6.54 Å². The predicted octanol–water partition coefficient (Wildman–Crippen LogP) is 2.07. The molecular weight excluding hydrogens is 316 g/mol. The zero-order valence-electron chi connectivity index (χ0n) is 15.5. The van der Waals surface area contributed by atoms with Gasteiger partial charge in [0.25, 0.3) is 0 Å². The summed E-state index contributed by atoms with van der Waals surface area (Å²) in [5, 5.41) is 5.75. The van der Waals surface area contributed by atoms with Gasteiger partial charge in [0.05, 0.1) is 13.1 Å². The molecule has 2 rings (SSSR count). The average molecular weight is 346 g/mol. The van der Waals surface area contributed by atoms with E-state index in [2.05, 4.69) is 27.7 Å². The first-order valence-electron chi connectivity index (χ1n) is 9.14. The molecule has 2 N–H and O–H groups in total. The van der Waals surface area contributed by atoms with E-state index in [1.807, 2.05) is 37.8 Å². The molecule has 0 aliphatic carbocycles. The summed E-state index contributed by atoms with van der Waals surface area (Å²) in [6.07, 6.45) is 2.49. The van der Waals surface area contributed by atoms with E-state index in [1.54, 1.807) is 0 Å². The Balaban J connectivity index is 1.82. The van der Waals surface area contributed by atoms with Crippen LogP contribution in [0.25, 0.3) is 0 Å². The number of anilines is 2. The molecule has 0 atom stereocenters. The fourth-order valence-electron chi connectivity index (χ4n) is 2.98. The number of carbonyl (C=O) groups excluding carboxylic acids is 2. The molecule has 0 radical (unpaired) electrons. The first-order valence-corrected chi connectivity index (χ1v) is 9.14. The average Bonchev–Trinajstić information content (AvgIpc) is 3.08. The van der Waals surface area contributed by atoms with Crippen LogP contribution < -0.4 is 15.5 Å². The van der Waals surface area contributed by atoms with Crippen LogP contribution in [0.1, 0.15) is 33.6 Å². The number of amides is 2. The zero-order chi connectivity index (χ0) is 18.2. The van der Waals surface area contributed by atoms with Gasteiger partial charge < -0.3 is 15.5 Å². The third-order valence-electron chi connectivity index (χ3n) is 4.25. The van der Waals surface area contributed by atoms with Crippen molar-refractivity contribution in [1.82, 2.24) is 10.2 Å². The molecule has 138 valence electrons. The van der Waals surface area contributed by atoms with E-state index in [-0.39, 0.29) is 30.9 Å². The first-order chi connectivity index (χ1) is 12.0. The molecule has 0 bridgehead atoms. The lowest BCUT2D eigenvalue weighted by Crippen LogP contribution is -2.42. The largest absolute Gasteiger partial charge is 0.372 e. The number of nitrogens with one attached hydrogen (secondary N) is 2. The maximum absolute atomic E-state index is 12.2. The molecule has 1 aromatic carbocycles. The van der Waals surface area contributed by atoms with Gasteiger partial charge in [-0.3, -0.25) is 14.5 Å². The zero-order valence-corrected chi connectivity index (χ0v) is 15.5. The van der Waals surface area contributed by atoms with Crippen molar-refractivity contribution in [3.63, 3.8) is 0 Å². The first kappa shape index (κ1) is 19.2. The molecule has 1 aliphatic heterocycles. The van der Waals surface area contributed by atoms with E-state index in [9.17, 15) is 9.59 Å². The molecule has 1 fully saturated rings. The van der Waals surface area contributed by atoms with E-state index in [1.165, 1.54) is 18.5 Å². The molecule has 25 heavy (non-hydrogen) atoms. The summed E-state index contributed by atoms with van der Waals surface area (Å²) in [5.41, 5.74) is 1.99. The highest BCUT2D eigenvalue weighted by Gasteiger charge is 2.15. The maximum atomic E-state index is 12.2. The highest BCUT2D eigenvalue weighted by molar-refractivity contribution is 5.92. The Kier molecular flexibility index (Phi) is 7.25. The minimum atomic E-state index is -0.104. The van der Waals surface area contributed by atoms with Crippen molar-refractivity contribution in [2.45, 2.75) is 39.7 Å². The molecule has 0 spiro atoms. The fourth-order valence-corrected chi connectivity index (χ4v) is 2.98. The van der Waals surface area contributed by atoms with Crippen molar-refractivity contribution in [1.29, 1.82) is 0 Å². The van der Waals surface area contributed by atoms with E-state index >= 15 is 0 Å². The summed E-state index contributed by atoms with van der Waals surface area (Å²) in [4.78, 5) is 28.3. The molecule has 0 unspecified atom stereocenters. The Bertz CT molecular complexity index is 565. The molecule has 6 nitrogen and oxygen atoms in total. The number of hydrogen-bond acceptors (Lipinski definition) is 4. The fraction of sp³-hybridized carbons (Fsp3) is 0.579. The topological polar surface area (TPSA) is 64.7 Å². The quantitative estimate of drug-likeness (QED) is 0.756. The van der Waals surface area contributed by atoms with Crippen molar-refractivity contribution >= 4 is 23.2 Å². The smallest absolute Gasteiger partial charge is 0.238 e. The van der Waals surface area contributed by atoms with Gasteiger partial charge in [0.2, 0.25) is 11.8 Å². The van der Waals surface area contributed by atoms with Crippen molar-refractivity contribution in [3.05, 3.63) is 24.3 Å². The van der Waals surface area contributed by atoms with Gasteiger partial charge in [0.1, 0.15) is 0 Å². The molecule has 6 heteroatoms. The van der Waals surface area contributed by atoms with Gasteiger partial charge in [0, 0.05) is 30.5 Å². The number of likely N-dealkylation sites (N-methyl/N-ethyl adjacent to an activating group) is 1. The molecule has 0 saturated carbocycles. The second kappa shape index (κ2) is 9.42. The van der Waals surface area contributed by atoms with Crippen LogP contribution in [-0.4, -0.2) is 55.5 Å². The van der Waals surface area contributed by atoms with Gasteiger partial charge in [-0.2, -0.15) is 0 Å². The van der Waals surface area contributed by atoms with Gasteiger partial charge in [-0.1, -0.05) is 6.92 Å². The Morgan fingerprint density at radius 1 is 1.08 bits per heavy atom. The van der Waals surface area contributed by atoms with Crippen LogP contribution in [0.2, 0.25) is 0 Å². The molecular formula is C19H30N4O2. The van der Waals surface area contributed by atoms with Crippen LogP contribution in [0.4, 0.5) is 11.4 Å². The lowest BCUT2D eigenvalue weighted by atomic mass is 10.2. The van der Waals surface area contributed by atoms with Gasteiger partial charge in [-0.25, -0.2) is 0 Å². The minimum absolute atomic E-state index is 0.0559. The molecule has 1 aromatic rings. The third kappa shape index (κ3) is 6.38. The summed E-state index contributed by atoms with van der Waals surface area (Å²) >= 11 is 0. The highest BCUT2D eigenvalue weighted by atomic mass is 16.2. The predicted molar refractivity (Wildman–Crippen MR) is 102 cm³/mol. The van der Waals surface area contributed by atoms with Crippen LogP contribution in [0.3, 0.4) is 0 Å². The van der Waals surface area contributed by atoms with Crippen molar-refractivity contribution in [3.8, 4) is 0 Å². The third-order valence-corrected chi connectivity index (χ3v) is 4.25. The van der Waals surface area contributed by atoms with Crippen LogP contribution in [0.15, 0.2) is 24.3 Å². The minimum Gasteiger partial charge on any atom is -0.372 e. The maximum Gasteiger partial charge on any atom is 0.238 e. The summed E-state index contributed by atoms with van der Waals surface area (Å²) in [7, 11) is 0. The van der Waals surface area contributed by atoms with E-state index < -0.39 is 0 Å². The van der Waals surface area contributed by atoms with Gasteiger partial charge in [0.15, 0.2) is 0 Å². The molecule has 2 amide bonds. The van der Waals surface area contributed by atoms with Crippen molar-refractivity contribution in [2.75, 3.05) is 42.9 Å². The summed E-state index contributed by atoms with van der Waals surface area (Å²) < 4.78 is 0. The normalized spacial score (nSPS) is 14.2. The number of carbonyl (C=O) groups is 2. The van der Waals surface area contributed by atoms with Gasteiger partial charge >= 0.3 is 0 Å². The SMILES string of the molecule is CCN(CC(=O)Nc1ccc(N2CCCC2)cc1)CC(=O)NC(C)C. The molecule has 1 saturated heterocycles. The Morgan fingerprint density at radius 2 is 1.68 bits per heavy atom. The molecule has 0 aromatic heterocycles. The van der Waals surface area contributed by atoms with Crippen LogP contribution in [0.5, 0.6) is 0 Å². The standard InChI is InChI=1S/C19H30N4O2/c1-4-22(13-18(24)20-15(2)3)14-19(25)21-16-7-9-17(10-8-16)23-11-5-6-12-23/h7-10,15H,4-6,11-14H2,1-3H3,(H,20,24)(H,21,25). The van der Waals surface area contributed by atoms with Crippen LogP contribution in [0, 0.1) is 0 Å². The number of nitrogens with zero attached hydrogens (tertiary/aromatic N) is 2. The van der Waals surface area contributed by atoms with Crippen LogP contribution >= 0.6 is 0 Å². The second-order valence-electron chi connectivity index (χ2n) is 6.81. The number of rotatable bonds is 8. The lowest BCUT2D eigenvalue weighted by molar-refractivity contribution is -0.123. The monoisotopic (exact) mass is 346 g/mol.